The van der Waals surface area contributed by atoms with Crippen LogP contribution in [-0.2, 0) is 5.54 Å². The minimum Gasteiger partial charge on any atom is -0.505 e. The SMILES string of the molecule is COc1cc(O)c(F)c(C2(N)CCCC2)c1F. The van der Waals surface area contributed by atoms with Crippen LogP contribution in [0.4, 0.5) is 8.78 Å². The van der Waals surface area contributed by atoms with E-state index in [1.165, 1.54) is 7.11 Å². The van der Waals surface area contributed by atoms with E-state index in [4.69, 9.17) is 10.5 Å². The molecule has 1 saturated carbocycles. The van der Waals surface area contributed by atoms with Crippen molar-refractivity contribution in [2.45, 2.75) is 31.2 Å². The number of benzene rings is 1. The Balaban J connectivity index is 2.62. The van der Waals surface area contributed by atoms with E-state index in [1.54, 1.807) is 0 Å². The van der Waals surface area contributed by atoms with Crippen molar-refractivity contribution < 1.29 is 18.6 Å². The van der Waals surface area contributed by atoms with Gasteiger partial charge in [-0.05, 0) is 12.8 Å². The first-order chi connectivity index (χ1) is 7.99. The molecule has 1 aliphatic rings. The largest absolute Gasteiger partial charge is 0.505 e. The predicted molar refractivity (Wildman–Crippen MR) is 58.9 cm³/mol. The molecule has 0 amide bonds. The fourth-order valence-electron chi connectivity index (χ4n) is 2.44. The first kappa shape index (κ1) is 12.1. The van der Waals surface area contributed by atoms with Crippen LogP contribution in [0.15, 0.2) is 6.07 Å². The van der Waals surface area contributed by atoms with Gasteiger partial charge in [0.05, 0.1) is 12.7 Å². The van der Waals surface area contributed by atoms with E-state index >= 15 is 0 Å². The molecule has 0 radical (unpaired) electrons. The van der Waals surface area contributed by atoms with Crippen molar-refractivity contribution in [1.82, 2.24) is 0 Å². The molecule has 2 rings (SSSR count). The fourth-order valence-corrected chi connectivity index (χ4v) is 2.44. The van der Waals surface area contributed by atoms with E-state index < -0.39 is 22.9 Å². The highest BCUT2D eigenvalue weighted by Gasteiger charge is 2.38. The second-order valence-corrected chi connectivity index (χ2v) is 4.46. The quantitative estimate of drug-likeness (QED) is 0.838. The predicted octanol–water partition coefficient (Wildman–Crippen LogP) is 2.41. The molecule has 1 fully saturated rings. The monoisotopic (exact) mass is 243 g/mol. The van der Waals surface area contributed by atoms with Crippen LogP contribution in [0.2, 0.25) is 0 Å². The number of hydrogen-bond donors (Lipinski definition) is 2. The van der Waals surface area contributed by atoms with Crippen LogP contribution >= 0.6 is 0 Å². The molecule has 3 nitrogen and oxygen atoms in total. The van der Waals surface area contributed by atoms with Crippen LogP contribution in [0.5, 0.6) is 11.5 Å². The zero-order valence-corrected chi connectivity index (χ0v) is 9.59. The zero-order valence-electron chi connectivity index (χ0n) is 9.59. The Bertz CT molecular complexity index is 443. The van der Waals surface area contributed by atoms with Crippen LogP contribution in [0, 0.1) is 11.6 Å². The number of ether oxygens (including phenoxy) is 1. The first-order valence-corrected chi connectivity index (χ1v) is 5.54. The number of hydrogen-bond acceptors (Lipinski definition) is 3. The summed E-state index contributed by atoms with van der Waals surface area (Å²) < 4.78 is 32.7. The van der Waals surface area contributed by atoms with E-state index in [0.717, 1.165) is 18.9 Å². The molecule has 1 aromatic rings. The number of methoxy groups -OCH3 is 1. The molecule has 0 bridgehead atoms. The highest BCUT2D eigenvalue weighted by Crippen LogP contribution is 2.43. The molecule has 0 aliphatic heterocycles. The second kappa shape index (κ2) is 4.14. The van der Waals surface area contributed by atoms with Gasteiger partial charge in [-0.25, -0.2) is 8.78 Å². The second-order valence-electron chi connectivity index (χ2n) is 4.46. The number of nitrogens with two attached hydrogens (primary N) is 1. The van der Waals surface area contributed by atoms with E-state index in [-0.39, 0.29) is 11.3 Å². The van der Waals surface area contributed by atoms with Gasteiger partial charge in [-0.1, -0.05) is 12.8 Å². The molecule has 0 heterocycles. The third kappa shape index (κ3) is 1.84. The molecule has 0 aromatic heterocycles. The topological polar surface area (TPSA) is 55.5 Å². The summed E-state index contributed by atoms with van der Waals surface area (Å²) in [5.41, 5.74) is 4.73. The summed E-state index contributed by atoms with van der Waals surface area (Å²) in [6, 6.07) is 0.923. The van der Waals surface area contributed by atoms with Crippen LogP contribution in [0.3, 0.4) is 0 Å². The number of halogens is 2. The maximum atomic E-state index is 14.1. The summed E-state index contributed by atoms with van der Waals surface area (Å²) in [6.07, 6.45) is 2.67. The number of rotatable bonds is 2. The third-order valence-electron chi connectivity index (χ3n) is 3.36. The smallest absolute Gasteiger partial charge is 0.173 e. The maximum Gasteiger partial charge on any atom is 0.173 e. The van der Waals surface area contributed by atoms with Gasteiger partial charge in [-0.2, -0.15) is 0 Å². The summed E-state index contributed by atoms with van der Waals surface area (Å²) in [5.74, 6) is -2.61. The molecular weight excluding hydrogens is 228 g/mol. The van der Waals surface area contributed by atoms with Crippen LogP contribution in [0.25, 0.3) is 0 Å². The lowest BCUT2D eigenvalue weighted by Gasteiger charge is -2.26. The van der Waals surface area contributed by atoms with Crippen molar-refractivity contribution in [2.75, 3.05) is 7.11 Å². The van der Waals surface area contributed by atoms with E-state index in [9.17, 15) is 13.9 Å². The normalized spacial score (nSPS) is 18.4. The number of phenols is 1. The molecule has 3 N–H and O–H groups in total. The highest BCUT2D eigenvalue weighted by molar-refractivity contribution is 5.44. The van der Waals surface area contributed by atoms with Gasteiger partial charge in [0.1, 0.15) is 0 Å². The molecule has 17 heavy (non-hydrogen) atoms. The van der Waals surface area contributed by atoms with Gasteiger partial charge in [-0.15, -0.1) is 0 Å². The van der Waals surface area contributed by atoms with Gasteiger partial charge in [0, 0.05) is 11.6 Å². The molecule has 1 aromatic carbocycles. The van der Waals surface area contributed by atoms with Crippen molar-refractivity contribution in [3.63, 3.8) is 0 Å². The maximum absolute atomic E-state index is 14.1. The summed E-state index contributed by atoms with van der Waals surface area (Å²) in [7, 11) is 1.26. The molecule has 0 unspecified atom stereocenters. The van der Waals surface area contributed by atoms with Gasteiger partial charge in [0.25, 0.3) is 0 Å². The Morgan fingerprint density at radius 3 is 2.41 bits per heavy atom. The summed E-state index contributed by atoms with van der Waals surface area (Å²) >= 11 is 0. The highest BCUT2D eigenvalue weighted by atomic mass is 19.1. The Hall–Kier alpha value is -1.36. The van der Waals surface area contributed by atoms with Gasteiger partial charge >= 0.3 is 0 Å². The summed E-state index contributed by atoms with van der Waals surface area (Å²) in [6.45, 7) is 0. The number of phenolic OH excluding ortho intramolecular Hbond substituents is 1. The zero-order chi connectivity index (χ0) is 12.6. The van der Waals surface area contributed by atoms with Gasteiger partial charge < -0.3 is 15.6 Å². The van der Waals surface area contributed by atoms with Gasteiger partial charge in [-0.3, -0.25) is 0 Å². The third-order valence-corrected chi connectivity index (χ3v) is 3.36. The summed E-state index contributed by atoms with van der Waals surface area (Å²) in [5, 5.41) is 9.43. The Morgan fingerprint density at radius 1 is 1.29 bits per heavy atom. The van der Waals surface area contributed by atoms with Gasteiger partial charge in [0.2, 0.25) is 0 Å². The number of aromatic hydroxyl groups is 1. The van der Waals surface area contributed by atoms with E-state index in [2.05, 4.69) is 0 Å². The van der Waals surface area contributed by atoms with Crippen molar-refractivity contribution in [3.8, 4) is 11.5 Å². The molecule has 0 saturated heterocycles. The average Bonchev–Trinajstić information content (AvgIpc) is 2.71. The van der Waals surface area contributed by atoms with E-state index in [1.807, 2.05) is 0 Å². The van der Waals surface area contributed by atoms with Crippen molar-refractivity contribution in [2.24, 2.45) is 5.73 Å². The average molecular weight is 243 g/mol. The Labute approximate surface area is 98.2 Å². The lowest BCUT2D eigenvalue weighted by Crippen LogP contribution is -2.35. The molecule has 0 atom stereocenters. The minimum atomic E-state index is -1.04. The molecule has 0 spiro atoms. The standard InChI is InChI=1S/C12H15F2NO2/c1-17-8-6-7(16)10(13)9(11(8)14)12(15)4-2-3-5-12/h6,16H,2-5,15H2,1H3. The van der Waals surface area contributed by atoms with Crippen LogP contribution in [0.1, 0.15) is 31.2 Å². The molecule has 94 valence electrons. The van der Waals surface area contributed by atoms with Crippen LogP contribution in [-0.4, -0.2) is 12.2 Å². The first-order valence-electron chi connectivity index (χ1n) is 5.54. The lowest BCUT2D eigenvalue weighted by atomic mass is 9.88. The summed E-state index contributed by atoms with van der Waals surface area (Å²) in [4.78, 5) is 0. The van der Waals surface area contributed by atoms with Crippen molar-refractivity contribution >= 4 is 0 Å². The Morgan fingerprint density at radius 2 is 1.88 bits per heavy atom. The lowest BCUT2D eigenvalue weighted by molar-refractivity contribution is 0.340. The van der Waals surface area contributed by atoms with Crippen LogP contribution < -0.4 is 10.5 Å². The molecule has 1 aliphatic carbocycles. The van der Waals surface area contributed by atoms with Crippen molar-refractivity contribution in [3.05, 3.63) is 23.3 Å². The molecule has 5 heteroatoms. The van der Waals surface area contributed by atoms with E-state index in [0.29, 0.717) is 12.8 Å². The van der Waals surface area contributed by atoms with Crippen molar-refractivity contribution in [1.29, 1.82) is 0 Å². The fraction of sp³-hybridized carbons (Fsp3) is 0.500. The minimum absolute atomic E-state index is 0.185. The van der Waals surface area contributed by atoms with Gasteiger partial charge in [0.15, 0.2) is 23.1 Å². The molecular formula is C12H15F2NO2. The Kier molecular flexibility index (Phi) is 2.95.